The van der Waals surface area contributed by atoms with E-state index in [-0.39, 0.29) is 52.2 Å². The minimum atomic E-state index is -0.445. The maximum atomic E-state index is 14.0. The Kier molecular flexibility index (Phi) is 7.49. The van der Waals surface area contributed by atoms with Crippen LogP contribution >= 0.6 is 57.9 Å². The normalized spacial score (nSPS) is 27.4. The fourth-order valence-corrected chi connectivity index (χ4v) is 11.4. The number of hydrogen-bond acceptors (Lipinski definition) is 7. The fraction of sp³-hybridized carbons (Fsp3) is 0.273. The number of ether oxygens (including phenoxy) is 1. The van der Waals surface area contributed by atoms with Gasteiger partial charge >= 0.3 is 4.87 Å². The van der Waals surface area contributed by atoms with E-state index in [0.29, 0.717) is 32.2 Å². The predicted octanol–water partition coefficient (Wildman–Crippen LogP) is 7.09. The highest BCUT2D eigenvalue weighted by Crippen LogP contribution is 2.69. The van der Waals surface area contributed by atoms with E-state index in [9.17, 15) is 19.2 Å². The van der Waals surface area contributed by atoms with Gasteiger partial charge in [0.1, 0.15) is 5.75 Å². The minimum Gasteiger partial charge on any atom is -0.483 e. The number of carbonyl (C=O) groups excluding carboxylic acids is 3. The third kappa shape index (κ3) is 4.80. The highest BCUT2D eigenvalue weighted by molar-refractivity contribution is 8.00. The molecule has 13 heteroatoms. The van der Waals surface area contributed by atoms with Crippen molar-refractivity contribution in [1.29, 1.82) is 0 Å². The number of H-pyrrole nitrogens is 1. The number of nitrogens with zero attached hydrogens (tertiary/aromatic N) is 1. The standard InChI is InChI=1S/C33H24Cl3N3O5S2/c34-14-6-9-22(44-13-23(40)37-15-7-8-20(35)21(36)11-15)17(10-14)24-25-18-12-19(28(25)45-30-29(24)46-33(43)38-30)27-26(18)31(41)39(32(27)42)16-4-2-1-3-5-16/h1-11,18-19,24-28H,12-13H2,(H,37,40)(H,38,43)/t18-,19-,24-,25?,26?,27?,28?/m1/s1. The summed E-state index contributed by atoms with van der Waals surface area (Å²) < 4.78 is 6.13. The Labute approximate surface area is 286 Å². The molecule has 2 saturated carbocycles. The lowest BCUT2D eigenvalue weighted by Crippen LogP contribution is -2.42. The molecule has 8 rings (SSSR count). The molecule has 4 aromatic rings. The first-order valence-corrected chi connectivity index (χ1v) is 17.5. The van der Waals surface area contributed by atoms with E-state index in [1.807, 2.05) is 24.3 Å². The molecule has 2 aliphatic carbocycles. The van der Waals surface area contributed by atoms with E-state index in [0.717, 1.165) is 33.2 Å². The number of amides is 3. The third-order valence-corrected chi connectivity index (χ3v) is 13.2. The summed E-state index contributed by atoms with van der Waals surface area (Å²) in [5.41, 5.74) is 1.80. The topological polar surface area (TPSA) is 109 Å². The van der Waals surface area contributed by atoms with Gasteiger partial charge in [-0.05, 0) is 72.7 Å². The monoisotopic (exact) mass is 711 g/mol. The summed E-state index contributed by atoms with van der Waals surface area (Å²) in [7, 11) is 0. The van der Waals surface area contributed by atoms with Gasteiger partial charge in [0.2, 0.25) is 11.8 Å². The predicted molar refractivity (Wildman–Crippen MR) is 179 cm³/mol. The number of aromatic amines is 1. The van der Waals surface area contributed by atoms with Gasteiger partial charge in [-0.1, -0.05) is 64.3 Å². The van der Waals surface area contributed by atoms with Gasteiger partial charge in [-0.15, -0.1) is 11.8 Å². The van der Waals surface area contributed by atoms with Crippen molar-refractivity contribution in [3.05, 3.63) is 102 Å². The number of aromatic nitrogens is 1. The second-order valence-corrected chi connectivity index (χ2v) is 15.4. The minimum absolute atomic E-state index is 0.00810. The third-order valence-electron chi connectivity index (χ3n) is 9.61. The number of anilines is 2. The summed E-state index contributed by atoms with van der Waals surface area (Å²) >= 11 is 21.4. The molecule has 1 aromatic heterocycles. The lowest BCUT2D eigenvalue weighted by molar-refractivity contribution is -0.123. The summed E-state index contributed by atoms with van der Waals surface area (Å²) in [6.45, 7) is -0.295. The number of imide groups is 1. The Bertz CT molecular complexity index is 1980. The number of thiazole rings is 1. The highest BCUT2D eigenvalue weighted by Gasteiger charge is 2.69. The summed E-state index contributed by atoms with van der Waals surface area (Å²) in [4.78, 5) is 58.5. The van der Waals surface area contributed by atoms with Gasteiger partial charge in [-0.3, -0.25) is 24.1 Å². The van der Waals surface area contributed by atoms with Crippen LogP contribution in [0, 0.1) is 29.6 Å². The van der Waals surface area contributed by atoms with Crippen molar-refractivity contribution in [2.75, 3.05) is 16.8 Å². The van der Waals surface area contributed by atoms with Crippen LogP contribution in [0.4, 0.5) is 11.4 Å². The Morgan fingerprint density at radius 1 is 0.935 bits per heavy atom. The van der Waals surface area contributed by atoms with Crippen LogP contribution in [0.5, 0.6) is 5.75 Å². The van der Waals surface area contributed by atoms with Crippen molar-refractivity contribution < 1.29 is 19.1 Å². The molecule has 1 saturated heterocycles. The lowest BCUT2D eigenvalue weighted by atomic mass is 9.68. The first-order valence-electron chi connectivity index (χ1n) is 14.7. The van der Waals surface area contributed by atoms with E-state index in [4.69, 9.17) is 39.5 Å². The van der Waals surface area contributed by atoms with Gasteiger partial charge in [0, 0.05) is 32.3 Å². The smallest absolute Gasteiger partial charge is 0.305 e. The zero-order valence-corrected chi connectivity index (χ0v) is 27.6. The van der Waals surface area contributed by atoms with Crippen molar-refractivity contribution in [2.45, 2.75) is 22.6 Å². The second kappa shape index (κ2) is 11.5. The Morgan fingerprint density at radius 3 is 2.46 bits per heavy atom. The Balaban J connectivity index is 1.13. The summed E-state index contributed by atoms with van der Waals surface area (Å²) in [5, 5.41) is 4.69. The highest BCUT2D eigenvalue weighted by atomic mass is 35.5. The number of nitrogens with one attached hydrogen (secondary N) is 2. The summed E-state index contributed by atoms with van der Waals surface area (Å²) in [6.07, 6.45) is 0.746. The molecule has 7 atom stereocenters. The number of rotatable bonds is 6. The molecule has 2 bridgehead atoms. The zero-order chi connectivity index (χ0) is 31.9. The fourth-order valence-electron chi connectivity index (χ4n) is 8.00. The van der Waals surface area contributed by atoms with Gasteiger partial charge in [0.05, 0.1) is 32.6 Å². The van der Waals surface area contributed by atoms with E-state index < -0.39 is 17.7 Å². The summed E-state index contributed by atoms with van der Waals surface area (Å²) in [6, 6.07) is 19.1. The van der Waals surface area contributed by atoms with Gasteiger partial charge in [-0.25, -0.2) is 0 Å². The molecule has 3 heterocycles. The maximum Gasteiger partial charge on any atom is 0.305 e. The average molecular weight is 713 g/mol. The van der Waals surface area contributed by atoms with E-state index in [1.54, 1.807) is 54.2 Å². The number of benzene rings is 3. The molecular formula is C33H24Cl3N3O5S2. The molecule has 234 valence electrons. The molecule has 0 radical (unpaired) electrons. The summed E-state index contributed by atoms with van der Waals surface area (Å²) in [5.74, 6) is -1.61. The molecule has 4 aliphatic rings. The Morgan fingerprint density at radius 2 is 1.70 bits per heavy atom. The zero-order valence-electron chi connectivity index (χ0n) is 23.7. The second-order valence-electron chi connectivity index (χ2n) is 12.0. The molecular weight excluding hydrogens is 689 g/mol. The number of halogens is 3. The van der Waals surface area contributed by atoms with Crippen molar-refractivity contribution in [1.82, 2.24) is 4.98 Å². The van der Waals surface area contributed by atoms with Crippen LogP contribution in [-0.4, -0.2) is 34.6 Å². The first kappa shape index (κ1) is 30.1. The lowest BCUT2D eigenvalue weighted by Gasteiger charge is -2.43. The molecule has 3 fully saturated rings. The van der Waals surface area contributed by atoms with Crippen LogP contribution in [0.25, 0.3) is 0 Å². The van der Waals surface area contributed by atoms with Gasteiger partial charge in [-0.2, -0.15) is 0 Å². The average Bonchev–Trinajstić information content (AvgIpc) is 3.77. The molecule has 46 heavy (non-hydrogen) atoms. The van der Waals surface area contributed by atoms with Crippen LogP contribution in [0.15, 0.2) is 76.6 Å². The molecule has 4 unspecified atom stereocenters. The largest absolute Gasteiger partial charge is 0.483 e. The van der Waals surface area contributed by atoms with E-state index in [1.165, 1.54) is 4.90 Å². The Hall–Kier alpha value is -3.28. The molecule has 2 N–H and O–H groups in total. The van der Waals surface area contributed by atoms with Crippen LogP contribution in [-0.2, 0) is 14.4 Å². The number of carbonyl (C=O) groups is 3. The van der Waals surface area contributed by atoms with Gasteiger partial charge in [0.25, 0.3) is 5.91 Å². The van der Waals surface area contributed by atoms with Crippen LogP contribution in [0.2, 0.25) is 15.1 Å². The first-order chi connectivity index (χ1) is 22.2. The quantitative estimate of drug-likeness (QED) is 0.207. The molecule has 3 amide bonds. The van der Waals surface area contributed by atoms with Crippen molar-refractivity contribution in [2.24, 2.45) is 29.6 Å². The number of thioether (sulfide) groups is 1. The number of hydrogen-bond donors (Lipinski definition) is 2. The number of para-hydroxylation sites is 1. The van der Waals surface area contributed by atoms with Crippen molar-refractivity contribution in [3.63, 3.8) is 0 Å². The molecule has 2 aliphatic heterocycles. The van der Waals surface area contributed by atoms with Gasteiger partial charge < -0.3 is 15.0 Å². The molecule has 3 aromatic carbocycles. The van der Waals surface area contributed by atoms with Crippen LogP contribution in [0.1, 0.15) is 22.8 Å². The molecule has 8 nitrogen and oxygen atoms in total. The van der Waals surface area contributed by atoms with Crippen LogP contribution in [0.3, 0.4) is 0 Å². The SMILES string of the molecule is O=C(COc1ccc(Cl)cc1[C@H]1c2sc(=O)[nH]c2SC2C1[C@H]1C[C@@H]2C2C(=O)N(c3ccccc3)C(=O)C21)Nc1ccc(Cl)c(Cl)c1. The number of fused-ring (bicyclic) bond motifs is 9. The van der Waals surface area contributed by atoms with E-state index >= 15 is 0 Å². The maximum absolute atomic E-state index is 14.0. The van der Waals surface area contributed by atoms with Crippen LogP contribution < -0.4 is 19.8 Å². The van der Waals surface area contributed by atoms with Crippen molar-refractivity contribution in [3.8, 4) is 5.75 Å². The van der Waals surface area contributed by atoms with Crippen molar-refractivity contribution >= 4 is 87.0 Å². The van der Waals surface area contributed by atoms with Gasteiger partial charge in [0.15, 0.2) is 6.61 Å². The van der Waals surface area contributed by atoms with E-state index in [2.05, 4.69) is 10.3 Å². The molecule has 0 spiro atoms.